The molecule has 1 aliphatic heterocycles. The lowest BCUT2D eigenvalue weighted by atomic mass is 9.89. The SMILES string of the molecule is NC1(c2cc(O)c3c(c2)OCO3)CCCC1. The predicted molar refractivity (Wildman–Crippen MR) is 58.6 cm³/mol. The number of fused-ring (bicyclic) bond motifs is 1. The highest BCUT2D eigenvalue weighted by atomic mass is 16.7. The second-order valence-electron chi connectivity index (χ2n) is 4.59. The van der Waals surface area contributed by atoms with Crippen LogP contribution in [0.25, 0.3) is 0 Å². The fraction of sp³-hybridized carbons (Fsp3) is 0.500. The molecule has 1 aromatic rings. The molecule has 4 nitrogen and oxygen atoms in total. The van der Waals surface area contributed by atoms with E-state index in [-0.39, 0.29) is 18.1 Å². The molecule has 3 rings (SSSR count). The van der Waals surface area contributed by atoms with Gasteiger partial charge in [-0.25, -0.2) is 0 Å². The molecule has 0 radical (unpaired) electrons. The monoisotopic (exact) mass is 221 g/mol. The highest BCUT2D eigenvalue weighted by Gasteiger charge is 2.33. The summed E-state index contributed by atoms with van der Waals surface area (Å²) in [7, 11) is 0. The van der Waals surface area contributed by atoms with E-state index in [2.05, 4.69) is 0 Å². The van der Waals surface area contributed by atoms with E-state index < -0.39 is 0 Å². The predicted octanol–water partition coefficient (Wildman–Crippen LogP) is 1.85. The van der Waals surface area contributed by atoms with Crippen LogP contribution in [0.4, 0.5) is 0 Å². The fourth-order valence-electron chi connectivity index (χ4n) is 2.57. The van der Waals surface area contributed by atoms with E-state index in [0.717, 1.165) is 31.2 Å². The minimum atomic E-state index is -0.307. The number of benzene rings is 1. The van der Waals surface area contributed by atoms with E-state index in [1.54, 1.807) is 6.07 Å². The van der Waals surface area contributed by atoms with E-state index >= 15 is 0 Å². The maximum absolute atomic E-state index is 9.83. The number of aromatic hydroxyl groups is 1. The third kappa shape index (κ3) is 1.33. The Hall–Kier alpha value is -1.42. The Balaban J connectivity index is 2.05. The average Bonchev–Trinajstić information content (AvgIpc) is 2.86. The fourth-order valence-corrected chi connectivity index (χ4v) is 2.57. The van der Waals surface area contributed by atoms with E-state index in [1.807, 2.05) is 6.07 Å². The van der Waals surface area contributed by atoms with Crippen molar-refractivity contribution < 1.29 is 14.6 Å². The lowest BCUT2D eigenvalue weighted by Crippen LogP contribution is -2.32. The van der Waals surface area contributed by atoms with Crippen molar-refractivity contribution in [2.45, 2.75) is 31.2 Å². The number of rotatable bonds is 1. The van der Waals surface area contributed by atoms with Crippen molar-refractivity contribution >= 4 is 0 Å². The van der Waals surface area contributed by atoms with Crippen LogP contribution >= 0.6 is 0 Å². The van der Waals surface area contributed by atoms with Gasteiger partial charge in [0.25, 0.3) is 0 Å². The van der Waals surface area contributed by atoms with Crippen LogP contribution in [0, 0.1) is 0 Å². The van der Waals surface area contributed by atoms with Gasteiger partial charge in [0, 0.05) is 5.54 Å². The minimum absolute atomic E-state index is 0.127. The summed E-state index contributed by atoms with van der Waals surface area (Å²) in [5.74, 6) is 1.17. The number of phenols is 1. The van der Waals surface area contributed by atoms with Gasteiger partial charge < -0.3 is 20.3 Å². The lowest BCUT2D eigenvalue weighted by Gasteiger charge is -2.24. The maximum Gasteiger partial charge on any atom is 0.231 e. The molecule has 0 spiro atoms. The van der Waals surface area contributed by atoms with Crippen molar-refractivity contribution in [2.24, 2.45) is 5.73 Å². The molecule has 0 aromatic heterocycles. The molecule has 1 aromatic carbocycles. The van der Waals surface area contributed by atoms with Crippen molar-refractivity contribution in [2.75, 3.05) is 6.79 Å². The van der Waals surface area contributed by atoms with Crippen LogP contribution in [0.15, 0.2) is 12.1 Å². The van der Waals surface area contributed by atoms with Crippen molar-refractivity contribution in [1.29, 1.82) is 0 Å². The van der Waals surface area contributed by atoms with Crippen LogP contribution in [-0.4, -0.2) is 11.9 Å². The van der Waals surface area contributed by atoms with Crippen molar-refractivity contribution in [3.8, 4) is 17.2 Å². The standard InChI is InChI=1S/C12H15NO3/c13-12(3-1-2-4-12)8-5-9(14)11-10(6-8)15-7-16-11/h5-6,14H,1-4,7,13H2. The van der Waals surface area contributed by atoms with Crippen molar-refractivity contribution in [3.63, 3.8) is 0 Å². The van der Waals surface area contributed by atoms with Gasteiger partial charge in [-0.1, -0.05) is 12.8 Å². The first-order valence-electron chi connectivity index (χ1n) is 5.61. The summed E-state index contributed by atoms with van der Waals surface area (Å²) in [4.78, 5) is 0. The molecular weight excluding hydrogens is 206 g/mol. The van der Waals surface area contributed by atoms with Crippen LogP contribution < -0.4 is 15.2 Å². The van der Waals surface area contributed by atoms with Gasteiger partial charge in [0.15, 0.2) is 11.5 Å². The molecule has 1 heterocycles. The Labute approximate surface area is 94.0 Å². The van der Waals surface area contributed by atoms with Gasteiger partial charge in [0.05, 0.1) is 0 Å². The summed E-state index contributed by atoms with van der Waals surface area (Å²) in [6, 6.07) is 3.60. The summed E-state index contributed by atoms with van der Waals surface area (Å²) >= 11 is 0. The summed E-state index contributed by atoms with van der Waals surface area (Å²) in [5, 5.41) is 9.83. The van der Waals surface area contributed by atoms with Crippen LogP contribution in [0.1, 0.15) is 31.2 Å². The Morgan fingerprint density at radius 1 is 1.19 bits per heavy atom. The quantitative estimate of drug-likeness (QED) is 0.759. The lowest BCUT2D eigenvalue weighted by molar-refractivity contribution is 0.171. The van der Waals surface area contributed by atoms with Gasteiger partial charge in [-0.05, 0) is 30.5 Å². The summed E-state index contributed by atoms with van der Waals surface area (Å²) in [5.41, 5.74) is 6.98. The first kappa shape index (κ1) is 9.78. The van der Waals surface area contributed by atoms with Crippen LogP contribution in [0.2, 0.25) is 0 Å². The Kier molecular flexibility index (Phi) is 2.01. The number of nitrogens with two attached hydrogens (primary N) is 1. The van der Waals surface area contributed by atoms with Gasteiger partial charge in [-0.3, -0.25) is 0 Å². The molecule has 16 heavy (non-hydrogen) atoms. The van der Waals surface area contributed by atoms with E-state index in [0.29, 0.717) is 11.5 Å². The Bertz CT molecular complexity index is 425. The zero-order valence-electron chi connectivity index (χ0n) is 9.03. The number of ether oxygens (including phenoxy) is 2. The molecule has 1 saturated carbocycles. The summed E-state index contributed by atoms with van der Waals surface area (Å²) in [6.45, 7) is 0.171. The number of hydrogen-bond acceptors (Lipinski definition) is 4. The Morgan fingerprint density at radius 3 is 2.69 bits per heavy atom. The second-order valence-corrected chi connectivity index (χ2v) is 4.59. The topological polar surface area (TPSA) is 64.7 Å². The molecule has 3 N–H and O–H groups in total. The van der Waals surface area contributed by atoms with Gasteiger partial charge in [0.1, 0.15) is 0 Å². The van der Waals surface area contributed by atoms with Gasteiger partial charge in [-0.15, -0.1) is 0 Å². The van der Waals surface area contributed by atoms with Gasteiger partial charge >= 0.3 is 0 Å². The number of hydrogen-bond donors (Lipinski definition) is 2. The second kappa shape index (κ2) is 3.28. The molecule has 0 unspecified atom stereocenters. The molecular formula is C12H15NO3. The van der Waals surface area contributed by atoms with Crippen molar-refractivity contribution in [3.05, 3.63) is 17.7 Å². The zero-order valence-corrected chi connectivity index (χ0v) is 9.03. The molecule has 0 bridgehead atoms. The molecule has 0 amide bonds. The molecule has 1 fully saturated rings. The number of phenolic OH excluding ortho intramolecular Hbond substituents is 1. The van der Waals surface area contributed by atoms with E-state index in [4.69, 9.17) is 15.2 Å². The summed E-state index contributed by atoms with van der Waals surface area (Å²) < 4.78 is 10.5. The first-order valence-corrected chi connectivity index (χ1v) is 5.61. The molecule has 2 aliphatic rings. The third-order valence-corrected chi connectivity index (χ3v) is 3.52. The Morgan fingerprint density at radius 2 is 1.94 bits per heavy atom. The third-order valence-electron chi connectivity index (χ3n) is 3.52. The minimum Gasteiger partial charge on any atom is -0.504 e. The smallest absolute Gasteiger partial charge is 0.231 e. The van der Waals surface area contributed by atoms with Crippen LogP contribution in [0.5, 0.6) is 17.2 Å². The van der Waals surface area contributed by atoms with Gasteiger partial charge in [0.2, 0.25) is 12.5 Å². The van der Waals surface area contributed by atoms with E-state index in [1.165, 1.54) is 0 Å². The molecule has 1 aliphatic carbocycles. The van der Waals surface area contributed by atoms with Crippen molar-refractivity contribution in [1.82, 2.24) is 0 Å². The van der Waals surface area contributed by atoms with Crippen LogP contribution in [-0.2, 0) is 5.54 Å². The molecule has 4 heteroatoms. The molecule has 0 saturated heterocycles. The molecule has 86 valence electrons. The van der Waals surface area contributed by atoms with Crippen LogP contribution in [0.3, 0.4) is 0 Å². The first-order chi connectivity index (χ1) is 7.69. The highest BCUT2D eigenvalue weighted by molar-refractivity contribution is 5.55. The maximum atomic E-state index is 9.83. The zero-order chi connectivity index (χ0) is 11.2. The summed E-state index contributed by atoms with van der Waals surface area (Å²) in [6.07, 6.45) is 4.22. The molecule has 0 atom stereocenters. The largest absolute Gasteiger partial charge is 0.504 e. The highest BCUT2D eigenvalue weighted by Crippen LogP contribution is 2.46. The average molecular weight is 221 g/mol. The van der Waals surface area contributed by atoms with E-state index in [9.17, 15) is 5.11 Å². The normalized spacial score (nSPS) is 21.3. The van der Waals surface area contributed by atoms with Gasteiger partial charge in [-0.2, -0.15) is 0 Å².